The minimum absolute atomic E-state index is 0. The van der Waals surface area contributed by atoms with Gasteiger partial charge in [0, 0.05) is 12.6 Å². The fraction of sp³-hybridized carbons (Fsp3) is 0.917. The van der Waals surface area contributed by atoms with E-state index in [0.717, 1.165) is 19.6 Å². The number of carbonyl (C=O) groups is 1. The van der Waals surface area contributed by atoms with Gasteiger partial charge in [-0.15, -0.1) is 12.4 Å². The van der Waals surface area contributed by atoms with Crippen LogP contribution in [0.25, 0.3) is 0 Å². The highest BCUT2D eigenvalue weighted by Crippen LogP contribution is 2.19. The van der Waals surface area contributed by atoms with Crippen LogP contribution in [0.3, 0.4) is 0 Å². The lowest BCUT2D eigenvalue weighted by molar-refractivity contribution is -0.122. The van der Waals surface area contributed by atoms with Gasteiger partial charge in [-0.05, 0) is 51.7 Å². The highest BCUT2D eigenvalue weighted by Gasteiger charge is 2.25. The normalized spacial score (nSPS) is 25.1. The summed E-state index contributed by atoms with van der Waals surface area (Å²) in [6.07, 6.45) is 4.87. The molecule has 5 heteroatoms. The van der Waals surface area contributed by atoms with Crippen molar-refractivity contribution in [2.24, 2.45) is 5.92 Å². The van der Waals surface area contributed by atoms with Crippen molar-refractivity contribution in [2.75, 3.05) is 33.2 Å². The van der Waals surface area contributed by atoms with Crippen LogP contribution in [0.5, 0.6) is 0 Å². The molecule has 2 aliphatic rings. The predicted octanol–water partition coefficient (Wildman–Crippen LogP) is 0.618. The fourth-order valence-corrected chi connectivity index (χ4v) is 2.45. The van der Waals surface area contributed by atoms with Gasteiger partial charge in [0.25, 0.3) is 0 Å². The predicted molar refractivity (Wildman–Crippen MR) is 71.5 cm³/mol. The van der Waals surface area contributed by atoms with Gasteiger partial charge < -0.3 is 10.6 Å². The lowest BCUT2D eigenvalue weighted by Crippen LogP contribution is -2.44. The third-order valence-electron chi connectivity index (χ3n) is 3.41. The van der Waals surface area contributed by atoms with Crippen LogP contribution < -0.4 is 10.6 Å². The summed E-state index contributed by atoms with van der Waals surface area (Å²) in [6, 6.07) is 0.491. The molecule has 0 radical (unpaired) electrons. The van der Waals surface area contributed by atoms with E-state index in [-0.39, 0.29) is 18.3 Å². The topological polar surface area (TPSA) is 44.4 Å². The molecular formula is C12H24ClN3O. The second kappa shape index (κ2) is 7.19. The van der Waals surface area contributed by atoms with E-state index >= 15 is 0 Å². The molecule has 17 heavy (non-hydrogen) atoms. The summed E-state index contributed by atoms with van der Waals surface area (Å²) in [5.41, 5.74) is 0. The molecule has 1 heterocycles. The standard InChI is InChI=1S/C12H23N3O.ClH/c1-13-7-10-3-2-6-15(8-10)9-12(16)14-11-4-5-11;/h10-11,13H,2-9H2,1H3,(H,14,16);1H. The summed E-state index contributed by atoms with van der Waals surface area (Å²) in [7, 11) is 2.00. The van der Waals surface area contributed by atoms with Crippen LogP contribution in [0.15, 0.2) is 0 Å². The number of hydrogen-bond acceptors (Lipinski definition) is 3. The van der Waals surface area contributed by atoms with E-state index in [1.54, 1.807) is 0 Å². The van der Waals surface area contributed by atoms with E-state index < -0.39 is 0 Å². The molecule has 0 bridgehead atoms. The second-order valence-corrected chi connectivity index (χ2v) is 5.14. The van der Waals surface area contributed by atoms with Gasteiger partial charge in [-0.2, -0.15) is 0 Å². The van der Waals surface area contributed by atoms with Gasteiger partial charge >= 0.3 is 0 Å². The Labute approximate surface area is 110 Å². The molecule has 1 atom stereocenters. The number of amides is 1. The van der Waals surface area contributed by atoms with Crippen molar-refractivity contribution in [3.8, 4) is 0 Å². The number of hydrogen-bond donors (Lipinski definition) is 2. The first kappa shape index (κ1) is 14.7. The van der Waals surface area contributed by atoms with Crippen molar-refractivity contribution in [3.63, 3.8) is 0 Å². The Bertz CT molecular complexity index is 244. The molecular weight excluding hydrogens is 238 g/mol. The zero-order chi connectivity index (χ0) is 11.4. The molecule has 2 fully saturated rings. The van der Waals surface area contributed by atoms with Crippen LogP contribution in [-0.2, 0) is 4.79 Å². The minimum atomic E-state index is 0. The van der Waals surface area contributed by atoms with Crippen LogP contribution in [0.2, 0.25) is 0 Å². The lowest BCUT2D eigenvalue weighted by atomic mass is 9.98. The van der Waals surface area contributed by atoms with Gasteiger partial charge in [-0.25, -0.2) is 0 Å². The third-order valence-corrected chi connectivity index (χ3v) is 3.41. The quantitative estimate of drug-likeness (QED) is 0.763. The first-order valence-corrected chi connectivity index (χ1v) is 6.44. The number of nitrogens with one attached hydrogen (secondary N) is 2. The minimum Gasteiger partial charge on any atom is -0.352 e. The summed E-state index contributed by atoms with van der Waals surface area (Å²) in [6.45, 7) is 3.81. The van der Waals surface area contributed by atoms with Crippen LogP contribution in [-0.4, -0.2) is 50.1 Å². The molecule has 0 aromatic rings. The SMILES string of the molecule is CNCC1CCCN(CC(=O)NC2CC2)C1.Cl. The maximum atomic E-state index is 11.7. The van der Waals surface area contributed by atoms with Gasteiger partial charge in [-0.1, -0.05) is 0 Å². The summed E-state index contributed by atoms with van der Waals surface area (Å²) in [5, 5.41) is 6.28. The number of rotatable bonds is 5. The van der Waals surface area contributed by atoms with Gasteiger partial charge in [0.05, 0.1) is 6.54 Å². The number of halogens is 1. The Morgan fingerprint density at radius 3 is 2.76 bits per heavy atom. The molecule has 1 aliphatic heterocycles. The zero-order valence-corrected chi connectivity index (χ0v) is 11.4. The largest absolute Gasteiger partial charge is 0.352 e. The van der Waals surface area contributed by atoms with Crippen molar-refractivity contribution in [2.45, 2.75) is 31.7 Å². The number of carbonyl (C=O) groups excluding carboxylic acids is 1. The molecule has 1 unspecified atom stereocenters. The van der Waals surface area contributed by atoms with Crippen molar-refractivity contribution in [3.05, 3.63) is 0 Å². The van der Waals surface area contributed by atoms with Gasteiger partial charge in [0.1, 0.15) is 0 Å². The molecule has 1 saturated carbocycles. The summed E-state index contributed by atoms with van der Waals surface area (Å²) in [5.74, 6) is 0.931. The lowest BCUT2D eigenvalue weighted by Gasteiger charge is -2.32. The molecule has 2 N–H and O–H groups in total. The van der Waals surface area contributed by atoms with Crippen molar-refractivity contribution >= 4 is 18.3 Å². The van der Waals surface area contributed by atoms with Crippen molar-refractivity contribution in [1.29, 1.82) is 0 Å². The molecule has 2 rings (SSSR count). The van der Waals surface area contributed by atoms with E-state index in [1.807, 2.05) is 7.05 Å². The third kappa shape index (κ3) is 5.23. The molecule has 1 aliphatic carbocycles. The fourth-order valence-electron chi connectivity index (χ4n) is 2.45. The van der Waals surface area contributed by atoms with E-state index in [4.69, 9.17) is 0 Å². The summed E-state index contributed by atoms with van der Waals surface area (Å²) < 4.78 is 0. The highest BCUT2D eigenvalue weighted by molar-refractivity contribution is 5.85. The summed E-state index contributed by atoms with van der Waals surface area (Å²) >= 11 is 0. The van der Waals surface area contributed by atoms with Gasteiger partial charge in [-0.3, -0.25) is 9.69 Å². The molecule has 4 nitrogen and oxygen atoms in total. The summed E-state index contributed by atoms with van der Waals surface area (Å²) in [4.78, 5) is 14.0. The van der Waals surface area contributed by atoms with E-state index in [0.29, 0.717) is 18.5 Å². The van der Waals surface area contributed by atoms with E-state index in [9.17, 15) is 4.79 Å². The first-order chi connectivity index (χ1) is 7.78. The first-order valence-electron chi connectivity index (χ1n) is 6.44. The zero-order valence-electron chi connectivity index (χ0n) is 10.6. The molecule has 100 valence electrons. The number of likely N-dealkylation sites (tertiary alicyclic amines) is 1. The maximum absolute atomic E-state index is 11.7. The van der Waals surface area contributed by atoms with Crippen LogP contribution in [0, 0.1) is 5.92 Å². The smallest absolute Gasteiger partial charge is 0.234 e. The van der Waals surface area contributed by atoms with Gasteiger partial charge in [0.2, 0.25) is 5.91 Å². The monoisotopic (exact) mass is 261 g/mol. The average Bonchev–Trinajstić information content (AvgIpc) is 3.02. The van der Waals surface area contributed by atoms with Gasteiger partial charge in [0.15, 0.2) is 0 Å². The molecule has 0 aromatic carbocycles. The Kier molecular flexibility index (Phi) is 6.23. The number of nitrogens with zero attached hydrogens (tertiary/aromatic N) is 1. The van der Waals surface area contributed by atoms with E-state index in [2.05, 4.69) is 15.5 Å². The molecule has 0 aromatic heterocycles. The molecule has 0 spiro atoms. The Morgan fingerprint density at radius 1 is 1.35 bits per heavy atom. The second-order valence-electron chi connectivity index (χ2n) is 5.14. The molecule has 1 saturated heterocycles. The van der Waals surface area contributed by atoms with E-state index in [1.165, 1.54) is 25.7 Å². The van der Waals surface area contributed by atoms with Crippen LogP contribution in [0.4, 0.5) is 0 Å². The van der Waals surface area contributed by atoms with Crippen molar-refractivity contribution in [1.82, 2.24) is 15.5 Å². The average molecular weight is 262 g/mol. The Hall–Kier alpha value is -0.320. The molecule has 1 amide bonds. The van der Waals surface area contributed by atoms with Crippen LogP contribution in [0.1, 0.15) is 25.7 Å². The highest BCUT2D eigenvalue weighted by atomic mass is 35.5. The maximum Gasteiger partial charge on any atom is 0.234 e. The number of piperidine rings is 1. The Balaban J connectivity index is 0.00000144. The van der Waals surface area contributed by atoms with Crippen LogP contribution >= 0.6 is 12.4 Å². The Morgan fingerprint density at radius 2 is 2.12 bits per heavy atom. The van der Waals surface area contributed by atoms with Crippen molar-refractivity contribution < 1.29 is 4.79 Å².